The minimum Gasteiger partial charge on any atom is -0.398 e. The van der Waals surface area contributed by atoms with Crippen molar-refractivity contribution < 1.29 is 13.0 Å². The fourth-order valence-corrected chi connectivity index (χ4v) is 1.60. The molecule has 72 valence electrons. The van der Waals surface area contributed by atoms with Crippen LogP contribution in [0.25, 0.3) is 0 Å². The van der Waals surface area contributed by atoms with Crippen molar-refractivity contribution in [3.05, 3.63) is 23.8 Å². The fourth-order valence-electron chi connectivity index (χ4n) is 0.929. The Hall–Kier alpha value is -1.11. The second kappa shape index (κ2) is 3.33. The predicted molar refractivity (Wildman–Crippen MR) is 48.6 cm³/mol. The fraction of sp³-hybridized carbons (Fsp3) is 0.143. The highest BCUT2D eigenvalue weighted by molar-refractivity contribution is 7.86. The van der Waals surface area contributed by atoms with Crippen molar-refractivity contribution in [1.29, 1.82) is 0 Å². The zero-order valence-electron chi connectivity index (χ0n) is 6.77. The molecule has 0 aromatic heterocycles. The summed E-state index contributed by atoms with van der Waals surface area (Å²) in [5.41, 5.74) is 11.3. The van der Waals surface area contributed by atoms with Gasteiger partial charge in [0, 0.05) is 6.54 Å². The van der Waals surface area contributed by atoms with Crippen molar-refractivity contribution in [2.24, 2.45) is 5.73 Å². The van der Waals surface area contributed by atoms with Gasteiger partial charge in [0.25, 0.3) is 10.1 Å². The molecule has 0 heterocycles. The van der Waals surface area contributed by atoms with E-state index in [1.165, 1.54) is 12.1 Å². The lowest BCUT2D eigenvalue weighted by atomic mass is 10.2. The van der Waals surface area contributed by atoms with E-state index in [1.807, 2.05) is 0 Å². The van der Waals surface area contributed by atoms with Gasteiger partial charge in [-0.2, -0.15) is 8.42 Å². The van der Waals surface area contributed by atoms with Crippen molar-refractivity contribution in [3.63, 3.8) is 0 Å². The zero-order chi connectivity index (χ0) is 10.1. The number of benzene rings is 1. The van der Waals surface area contributed by atoms with E-state index in [0.717, 1.165) is 0 Å². The molecule has 0 fully saturated rings. The van der Waals surface area contributed by atoms with Crippen molar-refractivity contribution in [2.45, 2.75) is 11.4 Å². The van der Waals surface area contributed by atoms with Crippen LogP contribution >= 0.6 is 0 Å². The third-order valence-corrected chi connectivity index (χ3v) is 2.50. The molecule has 0 saturated carbocycles. The van der Waals surface area contributed by atoms with Crippen molar-refractivity contribution in [2.75, 3.05) is 5.73 Å². The molecule has 0 bridgehead atoms. The van der Waals surface area contributed by atoms with E-state index in [2.05, 4.69) is 0 Å². The summed E-state index contributed by atoms with van der Waals surface area (Å²) in [6.45, 7) is 0.197. The van der Waals surface area contributed by atoms with E-state index in [1.54, 1.807) is 6.07 Å². The number of anilines is 1. The van der Waals surface area contributed by atoms with Gasteiger partial charge in [-0.3, -0.25) is 4.55 Å². The van der Waals surface area contributed by atoms with Crippen LogP contribution in [0.4, 0.5) is 5.69 Å². The highest BCUT2D eigenvalue weighted by Gasteiger charge is 2.13. The first-order valence-electron chi connectivity index (χ1n) is 3.51. The molecule has 0 aliphatic heterocycles. The molecule has 6 heteroatoms. The Balaban J connectivity index is 3.36. The summed E-state index contributed by atoms with van der Waals surface area (Å²) in [5.74, 6) is 0. The van der Waals surface area contributed by atoms with E-state index < -0.39 is 10.1 Å². The molecular weight excluding hydrogens is 192 g/mol. The van der Waals surface area contributed by atoms with E-state index >= 15 is 0 Å². The molecule has 0 saturated heterocycles. The summed E-state index contributed by atoms with van der Waals surface area (Å²) >= 11 is 0. The molecule has 5 nitrogen and oxygen atoms in total. The third kappa shape index (κ3) is 2.18. The van der Waals surface area contributed by atoms with Gasteiger partial charge in [-0.05, 0) is 17.7 Å². The number of nitrogens with two attached hydrogens (primary N) is 2. The molecule has 0 atom stereocenters. The van der Waals surface area contributed by atoms with Gasteiger partial charge in [0.1, 0.15) is 4.90 Å². The molecule has 0 spiro atoms. The summed E-state index contributed by atoms with van der Waals surface area (Å²) in [6, 6.07) is 4.25. The summed E-state index contributed by atoms with van der Waals surface area (Å²) in [7, 11) is -4.25. The predicted octanol–water partition coefficient (Wildman–Crippen LogP) is -0.0258. The highest BCUT2D eigenvalue weighted by atomic mass is 32.2. The van der Waals surface area contributed by atoms with Crippen molar-refractivity contribution >= 4 is 15.8 Å². The second-order valence-corrected chi connectivity index (χ2v) is 3.94. The Bertz CT molecular complexity index is 414. The minimum absolute atomic E-state index is 0.0136. The van der Waals surface area contributed by atoms with Crippen LogP contribution in [0.15, 0.2) is 23.1 Å². The monoisotopic (exact) mass is 202 g/mol. The largest absolute Gasteiger partial charge is 0.398 e. The standard InChI is InChI=1S/C7H10N2O3S/c8-4-5-1-2-6(9)7(3-5)13(10,11)12/h1-3H,4,8-9H2,(H,10,11,12). The van der Waals surface area contributed by atoms with Gasteiger partial charge in [0.05, 0.1) is 5.69 Å². The van der Waals surface area contributed by atoms with E-state index in [0.29, 0.717) is 5.56 Å². The van der Waals surface area contributed by atoms with Crippen molar-refractivity contribution in [1.82, 2.24) is 0 Å². The maximum atomic E-state index is 10.8. The number of nitrogen functional groups attached to an aromatic ring is 1. The average Bonchev–Trinajstić information content (AvgIpc) is 2.03. The van der Waals surface area contributed by atoms with Gasteiger partial charge in [-0.1, -0.05) is 6.07 Å². The molecule has 0 aliphatic carbocycles. The normalized spacial score (nSPS) is 11.5. The van der Waals surface area contributed by atoms with Crippen LogP contribution in [-0.4, -0.2) is 13.0 Å². The van der Waals surface area contributed by atoms with E-state index in [4.69, 9.17) is 16.0 Å². The van der Waals surface area contributed by atoms with Gasteiger partial charge < -0.3 is 11.5 Å². The van der Waals surface area contributed by atoms with Gasteiger partial charge in [0.2, 0.25) is 0 Å². The summed E-state index contributed by atoms with van der Waals surface area (Å²) < 4.78 is 30.3. The molecule has 0 aliphatic rings. The molecule has 0 unspecified atom stereocenters. The lowest BCUT2D eigenvalue weighted by Crippen LogP contribution is -2.05. The summed E-state index contributed by atoms with van der Waals surface area (Å²) in [5, 5.41) is 0. The Kier molecular flexibility index (Phi) is 2.55. The van der Waals surface area contributed by atoms with Gasteiger partial charge in [0.15, 0.2) is 0 Å². The first-order valence-corrected chi connectivity index (χ1v) is 4.95. The number of rotatable bonds is 2. The Morgan fingerprint density at radius 2 is 2.00 bits per heavy atom. The smallest absolute Gasteiger partial charge is 0.296 e. The van der Waals surface area contributed by atoms with Crippen LogP contribution in [-0.2, 0) is 16.7 Å². The van der Waals surface area contributed by atoms with Gasteiger partial charge >= 0.3 is 0 Å². The Morgan fingerprint density at radius 1 is 1.38 bits per heavy atom. The summed E-state index contributed by atoms with van der Waals surface area (Å²) in [6.07, 6.45) is 0. The molecule has 5 N–H and O–H groups in total. The van der Waals surface area contributed by atoms with Crippen LogP contribution in [0.2, 0.25) is 0 Å². The lowest BCUT2D eigenvalue weighted by Gasteiger charge is -2.03. The highest BCUT2D eigenvalue weighted by Crippen LogP contribution is 2.18. The molecule has 0 amide bonds. The Labute approximate surface area is 76.1 Å². The molecule has 0 radical (unpaired) electrons. The molecular formula is C7H10N2O3S. The Morgan fingerprint density at radius 3 is 2.46 bits per heavy atom. The molecule has 13 heavy (non-hydrogen) atoms. The quantitative estimate of drug-likeness (QED) is 0.461. The average molecular weight is 202 g/mol. The molecule has 1 rings (SSSR count). The SMILES string of the molecule is NCc1ccc(N)c(S(=O)(=O)O)c1. The maximum absolute atomic E-state index is 10.8. The molecule has 1 aromatic carbocycles. The van der Waals surface area contributed by atoms with Gasteiger partial charge in [-0.15, -0.1) is 0 Å². The topological polar surface area (TPSA) is 106 Å². The van der Waals surface area contributed by atoms with E-state index in [-0.39, 0.29) is 17.1 Å². The number of hydrogen-bond donors (Lipinski definition) is 3. The van der Waals surface area contributed by atoms with E-state index in [9.17, 15) is 8.42 Å². The first-order chi connectivity index (χ1) is 5.95. The second-order valence-electron chi connectivity index (χ2n) is 2.55. The first kappa shape index (κ1) is 9.97. The van der Waals surface area contributed by atoms with Crippen LogP contribution in [0.3, 0.4) is 0 Å². The summed E-state index contributed by atoms with van der Waals surface area (Å²) in [4.78, 5) is -0.296. The third-order valence-electron chi connectivity index (χ3n) is 1.59. The van der Waals surface area contributed by atoms with Crippen LogP contribution < -0.4 is 11.5 Å². The minimum atomic E-state index is -4.25. The lowest BCUT2D eigenvalue weighted by molar-refractivity contribution is 0.483. The number of hydrogen-bond acceptors (Lipinski definition) is 4. The van der Waals surface area contributed by atoms with Crippen molar-refractivity contribution in [3.8, 4) is 0 Å². The van der Waals surface area contributed by atoms with Crippen LogP contribution in [0, 0.1) is 0 Å². The zero-order valence-corrected chi connectivity index (χ0v) is 7.58. The molecule has 1 aromatic rings. The van der Waals surface area contributed by atoms with Crippen LogP contribution in [0.1, 0.15) is 5.56 Å². The maximum Gasteiger partial charge on any atom is 0.296 e. The van der Waals surface area contributed by atoms with Crippen LogP contribution in [0.5, 0.6) is 0 Å². The van der Waals surface area contributed by atoms with Gasteiger partial charge in [-0.25, -0.2) is 0 Å².